The number of rotatable bonds is 5. The van der Waals surface area contributed by atoms with Gasteiger partial charge in [0.1, 0.15) is 0 Å². The van der Waals surface area contributed by atoms with Crippen LogP contribution in [0.4, 0.5) is 0 Å². The average molecular weight is 242 g/mol. The second kappa shape index (κ2) is 6.19. The zero-order chi connectivity index (χ0) is 11.9. The molecule has 1 heterocycles. The van der Waals surface area contributed by atoms with Crippen molar-refractivity contribution in [3.05, 3.63) is 57.8 Å². The Kier molecular flexibility index (Phi) is 4.31. The van der Waals surface area contributed by atoms with Gasteiger partial charge in [-0.3, -0.25) is 0 Å². The van der Waals surface area contributed by atoms with Gasteiger partial charge >= 0.3 is 0 Å². The fraction of sp³-hybridized carbons (Fsp3) is 0.214. The minimum atomic E-state index is 0.725. The molecule has 0 amide bonds. The fourth-order valence-electron chi connectivity index (χ4n) is 1.65. The summed E-state index contributed by atoms with van der Waals surface area (Å²) in [6, 6.07) is 14.1. The van der Waals surface area contributed by atoms with Crippen LogP contribution in [0.25, 0.3) is 0 Å². The Hall–Kier alpha value is -1.63. The number of benzene rings is 1. The SMILES string of the molecule is N#Cc1cccc(CNCCc2cccs2)c1. The molecule has 0 fully saturated rings. The van der Waals surface area contributed by atoms with Crippen LogP contribution in [0.2, 0.25) is 0 Å². The maximum absolute atomic E-state index is 8.79. The number of nitrogens with one attached hydrogen (secondary N) is 1. The zero-order valence-corrected chi connectivity index (χ0v) is 10.3. The highest BCUT2D eigenvalue weighted by atomic mass is 32.1. The van der Waals surface area contributed by atoms with Crippen LogP contribution in [-0.4, -0.2) is 6.54 Å². The van der Waals surface area contributed by atoms with Gasteiger partial charge in [0.05, 0.1) is 11.6 Å². The molecule has 0 saturated carbocycles. The number of nitriles is 1. The molecule has 2 rings (SSSR count). The Morgan fingerprint density at radius 2 is 2.18 bits per heavy atom. The van der Waals surface area contributed by atoms with Crippen LogP contribution in [0, 0.1) is 11.3 Å². The van der Waals surface area contributed by atoms with E-state index >= 15 is 0 Å². The summed E-state index contributed by atoms with van der Waals surface area (Å²) < 4.78 is 0. The molecule has 1 aromatic heterocycles. The van der Waals surface area contributed by atoms with Crippen LogP contribution in [-0.2, 0) is 13.0 Å². The van der Waals surface area contributed by atoms with E-state index in [0.29, 0.717) is 0 Å². The lowest BCUT2D eigenvalue weighted by atomic mass is 10.1. The molecule has 3 heteroatoms. The fourth-order valence-corrected chi connectivity index (χ4v) is 2.36. The van der Waals surface area contributed by atoms with Gasteiger partial charge in [0.2, 0.25) is 0 Å². The first-order chi connectivity index (χ1) is 8.38. The molecule has 0 radical (unpaired) electrons. The molecule has 0 aliphatic heterocycles. The highest BCUT2D eigenvalue weighted by Gasteiger charge is 1.96. The number of hydrogen-bond donors (Lipinski definition) is 1. The first-order valence-corrected chi connectivity index (χ1v) is 6.48. The highest BCUT2D eigenvalue weighted by molar-refractivity contribution is 7.09. The highest BCUT2D eigenvalue weighted by Crippen LogP contribution is 2.08. The Morgan fingerprint density at radius 3 is 2.94 bits per heavy atom. The van der Waals surface area contributed by atoms with Gasteiger partial charge in [-0.15, -0.1) is 11.3 Å². The van der Waals surface area contributed by atoms with E-state index < -0.39 is 0 Å². The van der Waals surface area contributed by atoms with Crippen molar-refractivity contribution in [2.75, 3.05) is 6.54 Å². The number of hydrogen-bond acceptors (Lipinski definition) is 3. The van der Waals surface area contributed by atoms with E-state index in [0.717, 1.165) is 30.6 Å². The zero-order valence-electron chi connectivity index (χ0n) is 9.52. The summed E-state index contributed by atoms with van der Waals surface area (Å²) in [5, 5.41) is 14.3. The molecule has 1 N–H and O–H groups in total. The van der Waals surface area contributed by atoms with E-state index in [1.54, 1.807) is 11.3 Å². The molecular formula is C14H14N2S. The molecular weight excluding hydrogens is 228 g/mol. The third kappa shape index (κ3) is 3.70. The van der Waals surface area contributed by atoms with Crippen LogP contribution >= 0.6 is 11.3 Å². The smallest absolute Gasteiger partial charge is 0.0991 e. The molecule has 0 atom stereocenters. The van der Waals surface area contributed by atoms with Gasteiger partial charge in [-0.05, 0) is 35.6 Å². The molecule has 0 saturated heterocycles. The van der Waals surface area contributed by atoms with E-state index in [4.69, 9.17) is 5.26 Å². The Morgan fingerprint density at radius 1 is 1.24 bits per heavy atom. The second-order valence-corrected chi connectivity index (χ2v) is 4.85. The number of nitrogens with zero attached hydrogens (tertiary/aromatic N) is 1. The van der Waals surface area contributed by atoms with Crippen molar-refractivity contribution >= 4 is 11.3 Å². The van der Waals surface area contributed by atoms with Crippen LogP contribution in [0.15, 0.2) is 41.8 Å². The Labute approximate surface area is 106 Å². The van der Waals surface area contributed by atoms with Crippen LogP contribution in [0.3, 0.4) is 0 Å². The lowest BCUT2D eigenvalue weighted by Gasteiger charge is -2.04. The lowest BCUT2D eigenvalue weighted by molar-refractivity contribution is 0.690. The van der Waals surface area contributed by atoms with Crippen molar-refractivity contribution in [1.82, 2.24) is 5.32 Å². The molecule has 0 spiro atoms. The van der Waals surface area contributed by atoms with Crippen molar-refractivity contribution in [3.8, 4) is 6.07 Å². The molecule has 0 aliphatic rings. The van der Waals surface area contributed by atoms with Crippen molar-refractivity contribution in [2.45, 2.75) is 13.0 Å². The summed E-state index contributed by atoms with van der Waals surface area (Å²) in [6.07, 6.45) is 1.07. The molecule has 1 aromatic carbocycles. The van der Waals surface area contributed by atoms with Gasteiger partial charge in [-0.2, -0.15) is 5.26 Å². The Balaban J connectivity index is 1.76. The van der Waals surface area contributed by atoms with E-state index in [1.165, 1.54) is 4.88 Å². The summed E-state index contributed by atoms with van der Waals surface area (Å²) in [5.74, 6) is 0. The summed E-state index contributed by atoms with van der Waals surface area (Å²) in [7, 11) is 0. The summed E-state index contributed by atoms with van der Waals surface area (Å²) >= 11 is 1.79. The maximum Gasteiger partial charge on any atom is 0.0991 e. The first kappa shape index (κ1) is 11.8. The van der Waals surface area contributed by atoms with Gasteiger partial charge in [0, 0.05) is 18.0 Å². The second-order valence-electron chi connectivity index (χ2n) is 3.82. The molecule has 86 valence electrons. The van der Waals surface area contributed by atoms with E-state index in [9.17, 15) is 0 Å². The van der Waals surface area contributed by atoms with Crippen molar-refractivity contribution in [1.29, 1.82) is 5.26 Å². The average Bonchev–Trinajstić information content (AvgIpc) is 2.88. The monoisotopic (exact) mass is 242 g/mol. The van der Waals surface area contributed by atoms with Crippen LogP contribution in [0.5, 0.6) is 0 Å². The molecule has 0 aliphatic carbocycles. The van der Waals surface area contributed by atoms with Crippen LogP contribution < -0.4 is 5.32 Å². The topological polar surface area (TPSA) is 35.8 Å². The summed E-state index contributed by atoms with van der Waals surface area (Å²) in [6.45, 7) is 1.79. The van der Waals surface area contributed by atoms with Crippen molar-refractivity contribution in [2.24, 2.45) is 0 Å². The molecule has 0 bridgehead atoms. The largest absolute Gasteiger partial charge is 0.312 e. The van der Waals surface area contributed by atoms with Crippen molar-refractivity contribution in [3.63, 3.8) is 0 Å². The van der Waals surface area contributed by atoms with E-state index in [1.807, 2.05) is 24.3 Å². The quantitative estimate of drug-likeness (QED) is 0.818. The van der Waals surface area contributed by atoms with E-state index in [-0.39, 0.29) is 0 Å². The third-order valence-electron chi connectivity index (χ3n) is 2.51. The summed E-state index contributed by atoms with van der Waals surface area (Å²) in [5.41, 5.74) is 1.89. The maximum atomic E-state index is 8.79. The standard InChI is InChI=1S/C14H14N2S/c15-10-12-3-1-4-13(9-12)11-16-7-6-14-5-2-8-17-14/h1-5,8-9,16H,6-7,11H2. The number of thiophene rings is 1. The van der Waals surface area contributed by atoms with Crippen LogP contribution in [0.1, 0.15) is 16.0 Å². The molecule has 2 aromatic rings. The normalized spacial score (nSPS) is 10.1. The van der Waals surface area contributed by atoms with Gasteiger partial charge in [-0.1, -0.05) is 18.2 Å². The minimum Gasteiger partial charge on any atom is -0.312 e. The Bertz CT molecular complexity index is 497. The van der Waals surface area contributed by atoms with Crippen molar-refractivity contribution < 1.29 is 0 Å². The first-order valence-electron chi connectivity index (χ1n) is 5.60. The van der Waals surface area contributed by atoms with Gasteiger partial charge in [0.25, 0.3) is 0 Å². The van der Waals surface area contributed by atoms with Gasteiger partial charge < -0.3 is 5.32 Å². The third-order valence-corrected chi connectivity index (χ3v) is 3.45. The van der Waals surface area contributed by atoms with E-state index in [2.05, 4.69) is 28.9 Å². The van der Waals surface area contributed by atoms with Gasteiger partial charge in [-0.25, -0.2) is 0 Å². The minimum absolute atomic E-state index is 0.725. The predicted molar refractivity (Wildman–Crippen MR) is 70.9 cm³/mol. The lowest BCUT2D eigenvalue weighted by Crippen LogP contribution is -2.16. The molecule has 17 heavy (non-hydrogen) atoms. The van der Waals surface area contributed by atoms with Gasteiger partial charge in [0.15, 0.2) is 0 Å². The molecule has 2 nitrogen and oxygen atoms in total. The predicted octanol–water partition coefficient (Wildman–Crippen LogP) is 2.95. The molecule has 0 unspecified atom stereocenters. The summed E-state index contributed by atoms with van der Waals surface area (Å²) in [4.78, 5) is 1.41.